The Hall–Kier alpha value is -1.28. The van der Waals surface area contributed by atoms with E-state index in [0.29, 0.717) is 11.0 Å². The predicted octanol–water partition coefficient (Wildman–Crippen LogP) is 1.34. The number of nitrogens with zero attached hydrogens (tertiary/aromatic N) is 4. The molecule has 2 aromatic heterocycles. The van der Waals surface area contributed by atoms with Crippen LogP contribution in [-0.4, -0.2) is 26.3 Å². The van der Waals surface area contributed by atoms with Gasteiger partial charge in [-0.3, -0.25) is 9.36 Å². The Morgan fingerprint density at radius 3 is 3.12 bits per heavy atom. The zero-order valence-corrected chi connectivity index (χ0v) is 11.5. The van der Waals surface area contributed by atoms with Gasteiger partial charge in [0.25, 0.3) is 5.56 Å². The number of hydrogen-bond acceptors (Lipinski definition) is 6. The van der Waals surface area contributed by atoms with Crippen molar-refractivity contribution in [2.75, 3.05) is 11.9 Å². The van der Waals surface area contributed by atoms with Gasteiger partial charge in [-0.1, -0.05) is 11.3 Å². The van der Waals surface area contributed by atoms with Gasteiger partial charge in [0.15, 0.2) is 0 Å². The Labute approximate surface area is 110 Å². The van der Waals surface area contributed by atoms with Gasteiger partial charge in [-0.25, -0.2) is 4.98 Å². The lowest BCUT2D eigenvalue weighted by atomic mass is 10.6. The zero-order valence-electron chi connectivity index (χ0n) is 9.05. The van der Waals surface area contributed by atoms with Crippen molar-refractivity contribution in [2.24, 2.45) is 0 Å². The standard InChI is InChI=1S/C9H10BrN5OS/c1-2-12-9-14-13-7(17-9)4-15-5-11-3-6(10)8(15)16/h3,5H,2,4H2,1H3,(H,12,14). The molecule has 0 aliphatic heterocycles. The molecule has 6 nitrogen and oxygen atoms in total. The van der Waals surface area contributed by atoms with Crippen LogP contribution in [0.25, 0.3) is 0 Å². The van der Waals surface area contributed by atoms with E-state index in [0.717, 1.165) is 16.7 Å². The van der Waals surface area contributed by atoms with Crippen molar-refractivity contribution >= 4 is 32.4 Å². The van der Waals surface area contributed by atoms with Gasteiger partial charge < -0.3 is 5.32 Å². The van der Waals surface area contributed by atoms with Gasteiger partial charge in [-0.05, 0) is 22.9 Å². The molecule has 0 aromatic carbocycles. The maximum Gasteiger partial charge on any atom is 0.267 e. The average Bonchev–Trinajstić information content (AvgIpc) is 2.73. The van der Waals surface area contributed by atoms with Crippen molar-refractivity contribution < 1.29 is 0 Å². The number of aromatic nitrogens is 4. The molecule has 17 heavy (non-hydrogen) atoms. The minimum Gasteiger partial charge on any atom is -0.360 e. The third kappa shape index (κ3) is 2.89. The highest BCUT2D eigenvalue weighted by Gasteiger charge is 2.06. The first-order valence-electron chi connectivity index (χ1n) is 4.97. The molecule has 8 heteroatoms. The molecule has 0 fully saturated rings. The highest BCUT2D eigenvalue weighted by atomic mass is 79.9. The summed E-state index contributed by atoms with van der Waals surface area (Å²) in [6.45, 7) is 3.17. The Balaban J connectivity index is 2.19. The summed E-state index contributed by atoms with van der Waals surface area (Å²) in [5, 5.41) is 12.6. The van der Waals surface area contributed by atoms with E-state index in [4.69, 9.17) is 0 Å². The molecule has 90 valence electrons. The van der Waals surface area contributed by atoms with Gasteiger partial charge in [0.1, 0.15) is 9.48 Å². The first-order valence-corrected chi connectivity index (χ1v) is 6.58. The van der Waals surface area contributed by atoms with Gasteiger partial charge in [0.05, 0.1) is 12.9 Å². The van der Waals surface area contributed by atoms with Crippen molar-refractivity contribution in [1.29, 1.82) is 0 Å². The maximum absolute atomic E-state index is 11.7. The number of nitrogens with one attached hydrogen (secondary N) is 1. The summed E-state index contributed by atoms with van der Waals surface area (Å²) >= 11 is 4.58. The fourth-order valence-electron chi connectivity index (χ4n) is 1.22. The van der Waals surface area contributed by atoms with Crippen LogP contribution in [0.1, 0.15) is 11.9 Å². The molecule has 0 unspecified atom stereocenters. The van der Waals surface area contributed by atoms with Crippen molar-refractivity contribution in [1.82, 2.24) is 19.7 Å². The van der Waals surface area contributed by atoms with E-state index < -0.39 is 0 Å². The molecule has 0 atom stereocenters. The van der Waals surface area contributed by atoms with E-state index in [1.165, 1.54) is 28.4 Å². The predicted molar refractivity (Wildman–Crippen MR) is 69.4 cm³/mol. The smallest absolute Gasteiger partial charge is 0.267 e. The molecule has 0 spiro atoms. The van der Waals surface area contributed by atoms with Crippen LogP contribution in [0.15, 0.2) is 21.8 Å². The summed E-state index contributed by atoms with van der Waals surface area (Å²) in [6.07, 6.45) is 2.96. The van der Waals surface area contributed by atoms with Crippen LogP contribution in [0.5, 0.6) is 0 Å². The lowest BCUT2D eigenvalue weighted by molar-refractivity contribution is 0.718. The molecular weight excluding hydrogens is 306 g/mol. The number of halogens is 1. The molecule has 0 aliphatic rings. The molecule has 0 aliphatic carbocycles. The SMILES string of the molecule is CCNc1nnc(Cn2cncc(Br)c2=O)s1. The van der Waals surface area contributed by atoms with Crippen molar-refractivity contribution in [3.05, 3.63) is 32.4 Å². The van der Waals surface area contributed by atoms with Gasteiger partial charge in [0, 0.05) is 12.7 Å². The first kappa shape index (κ1) is 12.2. The Kier molecular flexibility index (Phi) is 3.85. The highest BCUT2D eigenvalue weighted by Crippen LogP contribution is 2.15. The summed E-state index contributed by atoms with van der Waals surface area (Å²) in [6, 6.07) is 0. The van der Waals surface area contributed by atoms with E-state index in [1.807, 2.05) is 6.92 Å². The van der Waals surface area contributed by atoms with Crippen LogP contribution in [0, 0.1) is 0 Å². The number of hydrogen-bond donors (Lipinski definition) is 1. The van der Waals surface area contributed by atoms with Gasteiger partial charge in [-0.15, -0.1) is 10.2 Å². The Bertz CT molecular complexity index is 567. The summed E-state index contributed by atoms with van der Waals surface area (Å²) in [5.41, 5.74) is -0.125. The molecular formula is C9H10BrN5OS. The van der Waals surface area contributed by atoms with E-state index >= 15 is 0 Å². The van der Waals surface area contributed by atoms with E-state index in [-0.39, 0.29) is 5.56 Å². The summed E-state index contributed by atoms with van der Waals surface area (Å²) in [4.78, 5) is 15.7. The van der Waals surface area contributed by atoms with Crippen molar-refractivity contribution in [3.63, 3.8) is 0 Å². The number of anilines is 1. The largest absolute Gasteiger partial charge is 0.360 e. The monoisotopic (exact) mass is 315 g/mol. The first-order chi connectivity index (χ1) is 8.20. The van der Waals surface area contributed by atoms with Crippen molar-refractivity contribution in [2.45, 2.75) is 13.5 Å². The molecule has 2 heterocycles. The summed E-state index contributed by atoms with van der Waals surface area (Å²) < 4.78 is 1.93. The van der Waals surface area contributed by atoms with Crippen LogP contribution >= 0.6 is 27.3 Å². The molecule has 0 saturated carbocycles. The number of rotatable bonds is 4. The molecule has 2 aromatic rings. The van der Waals surface area contributed by atoms with Crippen LogP contribution in [-0.2, 0) is 6.54 Å². The maximum atomic E-state index is 11.7. The fourth-order valence-corrected chi connectivity index (χ4v) is 2.38. The lowest BCUT2D eigenvalue weighted by Gasteiger charge is -2.01. The van der Waals surface area contributed by atoms with Gasteiger partial charge in [0.2, 0.25) is 5.13 Å². The Morgan fingerprint density at radius 2 is 2.35 bits per heavy atom. The molecule has 0 saturated heterocycles. The van der Waals surface area contributed by atoms with E-state index in [1.54, 1.807) is 0 Å². The minimum atomic E-state index is -0.125. The van der Waals surface area contributed by atoms with Crippen LogP contribution in [0.2, 0.25) is 0 Å². The normalized spacial score (nSPS) is 10.5. The third-order valence-electron chi connectivity index (χ3n) is 1.96. The van der Waals surface area contributed by atoms with E-state index in [2.05, 4.69) is 36.4 Å². The Morgan fingerprint density at radius 1 is 1.53 bits per heavy atom. The molecule has 0 amide bonds. The summed E-state index contributed by atoms with van der Waals surface area (Å²) in [7, 11) is 0. The highest BCUT2D eigenvalue weighted by molar-refractivity contribution is 9.10. The molecule has 2 rings (SSSR count). The summed E-state index contributed by atoms with van der Waals surface area (Å²) in [5.74, 6) is 0. The van der Waals surface area contributed by atoms with Crippen LogP contribution < -0.4 is 10.9 Å². The average molecular weight is 316 g/mol. The molecule has 0 bridgehead atoms. The van der Waals surface area contributed by atoms with Gasteiger partial charge in [-0.2, -0.15) is 0 Å². The second kappa shape index (κ2) is 5.37. The quantitative estimate of drug-likeness (QED) is 0.921. The third-order valence-corrected chi connectivity index (χ3v) is 3.37. The molecule has 0 radical (unpaired) electrons. The second-order valence-electron chi connectivity index (χ2n) is 3.21. The van der Waals surface area contributed by atoms with Crippen LogP contribution in [0.3, 0.4) is 0 Å². The van der Waals surface area contributed by atoms with Crippen molar-refractivity contribution in [3.8, 4) is 0 Å². The zero-order chi connectivity index (χ0) is 12.3. The van der Waals surface area contributed by atoms with E-state index in [9.17, 15) is 4.79 Å². The lowest BCUT2D eigenvalue weighted by Crippen LogP contribution is -2.21. The topological polar surface area (TPSA) is 72.7 Å². The minimum absolute atomic E-state index is 0.125. The van der Waals surface area contributed by atoms with Gasteiger partial charge >= 0.3 is 0 Å². The molecule has 1 N–H and O–H groups in total. The van der Waals surface area contributed by atoms with Crippen LogP contribution in [0.4, 0.5) is 5.13 Å². The fraction of sp³-hybridized carbons (Fsp3) is 0.333. The second-order valence-corrected chi connectivity index (χ2v) is 5.12.